The third kappa shape index (κ3) is 3.22. The molecule has 144 valence electrons. The summed E-state index contributed by atoms with van der Waals surface area (Å²) in [4.78, 5) is 14.6. The van der Waals surface area contributed by atoms with Gasteiger partial charge in [-0.15, -0.1) is 0 Å². The summed E-state index contributed by atoms with van der Waals surface area (Å²) in [6.45, 7) is 0.136. The van der Waals surface area contributed by atoms with Gasteiger partial charge in [0, 0.05) is 27.2 Å². The second-order valence-corrected chi connectivity index (χ2v) is 6.32. The van der Waals surface area contributed by atoms with Crippen molar-refractivity contribution in [3.63, 3.8) is 0 Å². The lowest BCUT2D eigenvalue weighted by Crippen LogP contribution is -2.56. The monoisotopic (exact) mass is 372 g/mol. The Balaban J connectivity index is 1.76. The Kier molecular flexibility index (Phi) is 5.31. The Morgan fingerprint density at radius 3 is 2.62 bits per heavy atom. The van der Waals surface area contributed by atoms with Gasteiger partial charge >= 0.3 is 6.09 Å². The van der Waals surface area contributed by atoms with Gasteiger partial charge in [-0.05, 0) is 18.2 Å². The molecule has 2 saturated heterocycles. The molecule has 2 heterocycles. The van der Waals surface area contributed by atoms with E-state index in [0.717, 1.165) is 0 Å². The number of halogens is 2. The first kappa shape index (κ1) is 18.8. The van der Waals surface area contributed by atoms with Gasteiger partial charge in [0.1, 0.15) is 11.9 Å². The first-order chi connectivity index (χ1) is 12.4. The van der Waals surface area contributed by atoms with E-state index >= 15 is 0 Å². The maximum atomic E-state index is 14.6. The zero-order chi connectivity index (χ0) is 18.9. The van der Waals surface area contributed by atoms with E-state index in [1.807, 2.05) is 0 Å². The molecule has 1 amide bonds. The van der Waals surface area contributed by atoms with Gasteiger partial charge in [-0.1, -0.05) is 0 Å². The van der Waals surface area contributed by atoms with E-state index in [1.54, 1.807) is 11.0 Å². The molecule has 7 nitrogen and oxygen atoms in total. The van der Waals surface area contributed by atoms with Gasteiger partial charge in [-0.3, -0.25) is 4.90 Å². The number of aliphatic hydroxyl groups is 1. The molecule has 9 heteroatoms. The van der Waals surface area contributed by atoms with Crippen LogP contribution in [0.3, 0.4) is 0 Å². The molecule has 1 N–H and O–H groups in total. The molecule has 2 aliphatic heterocycles. The van der Waals surface area contributed by atoms with Gasteiger partial charge in [0.2, 0.25) is 5.79 Å². The van der Waals surface area contributed by atoms with Crippen LogP contribution in [0.5, 0.6) is 0 Å². The van der Waals surface area contributed by atoms with Crippen LogP contribution in [0.1, 0.15) is 6.42 Å². The van der Waals surface area contributed by atoms with Crippen LogP contribution in [0.25, 0.3) is 0 Å². The number of carbonyl (C=O) groups is 1. The van der Waals surface area contributed by atoms with Crippen LogP contribution >= 0.6 is 0 Å². The Hall–Kier alpha value is -1.97. The molecule has 26 heavy (non-hydrogen) atoms. The van der Waals surface area contributed by atoms with Crippen LogP contribution in [0.4, 0.5) is 25.0 Å². The summed E-state index contributed by atoms with van der Waals surface area (Å²) in [5.74, 6) is -1.89. The Bertz CT molecular complexity index is 671. The average Bonchev–Trinajstić information content (AvgIpc) is 3.03. The lowest BCUT2D eigenvalue weighted by atomic mass is 10.0. The molecule has 3 rings (SSSR count). The molecule has 2 aliphatic rings. The summed E-state index contributed by atoms with van der Waals surface area (Å²) >= 11 is 0. The number of anilines is 2. The van der Waals surface area contributed by atoms with E-state index in [-0.39, 0.29) is 31.8 Å². The minimum atomic E-state index is -1.44. The van der Waals surface area contributed by atoms with E-state index in [4.69, 9.17) is 19.3 Å². The quantitative estimate of drug-likeness (QED) is 0.793. The van der Waals surface area contributed by atoms with Crippen LogP contribution in [0.15, 0.2) is 18.2 Å². The summed E-state index contributed by atoms with van der Waals surface area (Å²) in [6, 6.07) is 4.28. The molecule has 0 aliphatic carbocycles. The van der Waals surface area contributed by atoms with Gasteiger partial charge in [0.25, 0.3) is 0 Å². The highest BCUT2D eigenvalue weighted by atomic mass is 19.1. The smallest absolute Gasteiger partial charge is 0.414 e. The third-order valence-electron chi connectivity index (χ3n) is 4.94. The lowest BCUT2D eigenvalue weighted by Gasteiger charge is -2.43. The van der Waals surface area contributed by atoms with Gasteiger partial charge in [-0.2, -0.15) is 0 Å². The summed E-state index contributed by atoms with van der Waals surface area (Å²) in [7, 11) is 2.77. The van der Waals surface area contributed by atoms with Crippen molar-refractivity contribution >= 4 is 17.5 Å². The second-order valence-electron chi connectivity index (χ2n) is 6.32. The zero-order valence-corrected chi connectivity index (χ0v) is 14.7. The van der Waals surface area contributed by atoms with Gasteiger partial charge < -0.3 is 24.2 Å². The summed E-state index contributed by atoms with van der Waals surface area (Å²) in [6.07, 6.45) is -2.46. The second kappa shape index (κ2) is 7.34. The fourth-order valence-corrected chi connectivity index (χ4v) is 3.38. The molecule has 0 aromatic heterocycles. The molecule has 1 aromatic rings. The highest BCUT2D eigenvalue weighted by Crippen LogP contribution is 2.34. The lowest BCUT2D eigenvalue weighted by molar-refractivity contribution is -0.249. The Morgan fingerprint density at radius 2 is 2.08 bits per heavy atom. The highest BCUT2D eigenvalue weighted by molar-refractivity contribution is 5.90. The number of hydrogen-bond acceptors (Lipinski definition) is 6. The van der Waals surface area contributed by atoms with E-state index in [0.29, 0.717) is 12.2 Å². The molecule has 0 bridgehead atoms. The minimum absolute atomic E-state index is 0.0731. The number of hydrogen-bond donors (Lipinski definition) is 1. The predicted octanol–water partition coefficient (Wildman–Crippen LogP) is 1.68. The molecule has 0 saturated carbocycles. The van der Waals surface area contributed by atoms with E-state index in [1.165, 1.54) is 31.3 Å². The fraction of sp³-hybridized carbons (Fsp3) is 0.588. The van der Waals surface area contributed by atoms with Crippen molar-refractivity contribution < 1.29 is 32.9 Å². The van der Waals surface area contributed by atoms with Crippen molar-refractivity contribution in [3.8, 4) is 0 Å². The normalized spacial score (nSPS) is 25.5. The number of piperidine rings is 1. The number of ether oxygens (including phenoxy) is 3. The van der Waals surface area contributed by atoms with Crippen molar-refractivity contribution in [1.82, 2.24) is 0 Å². The van der Waals surface area contributed by atoms with Gasteiger partial charge in [-0.25, -0.2) is 13.6 Å². The van der Waals surface area contributed by atoms with Crippen molar-refractivity contribution in [3.05, 3.63) is 24.0 Å². The number of nitrogens with zero attached hydrogens (tertiary/aromatic N) is 2. The molecule has 0 radical (unpaired) electrons. The number of amides is 1. The Morgan fingerprint density at radius 1 is 1.35 bits per heavy atom. The SMILES string of the molecule is COC1(OC)CCN(c2ccc(N3CC(CO)OC3=O)cc2F)CC1F. The predicted molar refractivity (Wildman–Crippen MR) is 89.6 cm³/mol. The van der Waals surface area contributed by atoms with Gasteiger partial charge in [0.15, 0.2) is 6.17 Å². The Labute approximate surface area is 150 Å². The molecule has 2 unspecified atom stereocenters. The number of benzene rings is 1. The van der Waals surface area contributed by atoms with Crippen molar-refractivity contribution in [2.45, 2.75) is 24.5 Å². The first-order valence-electron chi connectivity index (χ1n) is 8.32. The van der Waals surface area contributed by atoms with E-state index in [9.17, 15) is 13.6 Å². The van der Waals surface area contributed by atoms with Crippen molar-refractivity contribution in [2.75, 3.05) is 50.3 Å². The number of rotatable bonds is 5. The molecule has 2 fully saturated rings. The average molecular weight is 372 g/mol. The maximum absolute atomic E-state index is 14.6. The van der Waals surface area contributed by atoms with Crippen LogP contribution < -0.4 is 9.80 Å². The number of methoxy groups -OCH3 is 2. The van der Waals surface area contributed by atoms with Crippen LogP contribution in [-0.2, 0) is 14.2 Å². The number of alkyl halides is 1. The molecule has 0 spiro atoms. The molecule has 2 atom stereocenters. The van der Waals surface area contributed by atoms with Crippen molar-refractivity contribution in [1.29, 1.82) is 0 Å². The molecular formula is C17H22F2N2O5. The van der Waals surface area contributed by atoms with E-state index < -0.39 is 30.0 Å². The number of cyclic esters (lactones) is 1. The third-order valence-corrected chi connectivity index (χ3v) is 4.94. The maximum Gasteiger partial charge on any atom is 0.414 e. The molecule has 1 aromatic carbocycles. The van der Waals surface area contributed by atoms with Crippen LogP contribution in [0.2, 0.25) is 0 Å². The standard InChI is InChI=1S/C17H22F2N2O5/c1-24-17(25-2)5-6-20(9-15(17)19)14-4-3-11(7-13(14)18)21-8-12(10-22)26-16(21)23/h3-4,7,12,15,22H,5-6,8-10H2,1-2H3. The van der Waals surface area contributed by atoms with E-state index in [2.05, 4.69) is 0 Å². The summed E-state index contributed by atoms with van der Waals surface area (Å²) in [5.41, 5.74) is 0.563. The van der Waals surface area contributed by atoms with Gasteiger partial charge in [0.05, 0.1) is 31.1 Å². The molecular weight excluding hydrogens is 350 g/mol. The first-order valence-corrected chi connectivity index (χ1v) is 8.32. The highest BCUT2D eigenvalue weighted by Gasteiger charge is 2.45. The fourth-order valence-electron chi connectivity index (χ4n) is 3.38. The number of aliphatic hydroxyl groups excluding tert-OH is 1. The largest absolute Gasteiger partial charge is 0.441 e. The van der Waals surface area contributed by atoms with Crippen LogP contribution in [0, 0.1) is 5.82 Å². The topological polar surface area (TPSA) is 71.5 Å². The van der Waals surface area contributed by atoms with Crippen molar-refractivity contribution in [2.24, 2.45) is 0 Å². The number of carbonyl (C=O) groups excluding carboxylic acids is 1. The zero-order valence-electron chi connectivity index (χ0n) is 14.7. The summed E-state index contributed by atoms with van der Waals surface area (Å²) in [5, 5.41) is 9.08. The minimum Gasteiger partial charge on any atom is -0.441 e. The summed E-state index contributed by atoms with van der Waals surface area (Å²) < 4.78 is 44.5. The van der Waals surface area contributed by atoms with Crippen LogP contribution in [-0.4, -0.2) is 69.7 Å².